The molecule has 0 aromatic heterocycles. The van der Waals surface area contributed by atoms with Crippen LogP contribution >= 0.6 is 0 Å². The quantitative estimate of drug-likeness (QED) is 0.710. The fourth-order valence-corrected chi connectivity index (χ4v) is 2.75. The van der Waals surface area contributed by atoms with Gasteiger partial charge < -0.3 is 15.9 Å². The van der Waals surface area contributed by atoms with Crippen molar-refractivity contribution in [1.29, 1.82) is 0 Å². The molecule has 0 unspecified atom stereocenters. The van der Waals surface area contributed by atoms with Crippen LogP contribution in [0.4, 0.5) is 0 Å². The predicted molar refractivity (Wildman–Crippen MR) is 68.5 cm³/mol. The van der Waals surface area contributed by atoms with Crippen LogP contribution in [-0.4, -0.2) is 28.2 Å². The number of nitrogens with two attached hydrogens (primary N) is 1. The third-order valence-electron chi connectivity index (χ3n) is 3.82. The van der Waals surface area contributed by atoms with Crippen LogP contribution in [-0.2, 0) is 16.0 Å². The van der Waals surface area contributed by atoms with Crippen molar-refractivity contribution in [2.45, 2.75) is 18.9 Å². The fourth-order valence-electron chi connectivity index (χ4n) is 2.75. The van der Waals surface area contributed by atoms with Crippen LogP contribution in [0.25, 0.3) is 0 Å². The first-order valence-electron chi connectivity index (χ1n) is 6.27. The van der Waals surface area contributed by atoms with Crippen molar-refractivity contribution >= 4 is 11.9 Å². The molecule has 0 spiro atoms. The van der Waals surface area contributed by atoms with Crippen LogP contribution in [0.2, 0.25) is 0 Å². The molecule has 1 aromatic carbocycles. The van der Waals surface area contributed by atoms with Gasteiger partial charge in [-0.2, -0.15) is 0 Å². The zero-order valence-electron chi connectivity index (χ0n) is 10.4. The average Bonchev–Trinajstić information content (AvgIpc) is 3.11. The van der Waals surface area contributed by atoms with Crippen molar-refractivity contribution in [3.63, 3.8) is 0 Å². The van der Waals surface area contributed by atoms with Crippen molar-refractivity contribution < 1.29 is 19.8 Å². The molecule has 0 radical (unpaired) electrons. The van der Waals surface area contributed by atoms with E-state index in [1.807, 2.05) is 30.3 Å². The summed E-state index contributed by atoms with van der Waals surface area (Å²) in [6, 6.07) is 8.65. The van der Waals surface area contributed by atoms with E-state index in [4.69, 9.17) is 15.9 Å². The first-order valence-corrected chi connectivity index (χ1v) is 6.27. The molecule has 4 atom stereocenters. The number of rotatable bonds is 6. The van der Waals surface area contributed by atoms with Crippen LogP contribution in [0.5, 0.6) is 0 Å². The second-order valence-corrected chi connectivity index (χ2v) is 4.99. The van der Waals surface area contributed by atoms with Gasteiger partial charge in [0.05, 0.1) is 5.92 Å². The van der Waals surface area contributed by atoms with Crippen molar-refractivity contribution in [2.24, 2.45) is 23.5 Å². The number of benzene rings is 1. The van der Waals surface area contributed by atoms with Crippen LogP contribution in [0.3, 0.4) is 0 Å². The molecule has 1 saturated carbocycles. The minimum Gasteiger partial charge on any atom is -0.481 e. The third kappa shape index (κ3) is 2.93. The standard InChI is InChI=1S/C14H17NO4/c15-12(14(18)19)10-9(11(10)13(16)17)7-6-8-4-2-1-3-5-8/h1-5,9-12H,6-7,15H2,(H,16,17)(H,18,19)/t9-,10+,11+,12+/m1/s1. The number of hydrogen-bond acceptors (Lipinski definition) is 3. The zero-order valence-corrected chi connectivity index (χ0v) is 10.4. The Morgan fingerprint density at radius 2 is 1.84 bits per heavy atom. The summed E-state index contributed by atoms with van der Waals surface area (Å²) in [4.78, 5) is 21.9. The molecule has 1 aliphatic rings. The highest BCUT2D eigenvalue weighted by Crippen LogP contribution is 2.51. The number of hydrogen-bond donors (Lipinski definition) is 3. The minimum atomic E-state index is -1.13. The lowest BCUT2D eigenvalue weighted by Gasteiger charge is -2.05. The molecule has 5 heteroatoms. The van der Waals surface area contributed by atoms with E-state index in [1.165, 1.54) is 0 Å². The number of carboxylic acid groups (broad SMARTS) is 2. The molecule has 102 valence electrons. The molecule has 1 aromatic rings. The number of carbonyl (C=O) groups is 2. The third-order valence-corrected chi connectivity index (χ3v) is 3.82. The Labute approximate surface area is 111 Å². The van der Waals surface area contributed by atoms with Gasteiger partial charge in [-0.3, -0.25) is 9.59 Å². The molecule has 0 saturated heterocycles. The largest absolute Gasteiger partial charge is 0.481 e. The van der Waals surface area contributed by atoms with E-state index in [9.17, 15) is 9.59 Å². The molecule has 0 heterocycles. The predicted octanol–water partition coefficient (Wildman–Crippen LogP) is 0.978. The monoisotopic (exact) mass is 263 g/mol. The van der Waals surface area contributed by atoms with Gasteiger partial charge in [0, 0.05) is 5.92 Å². The zero-order chi connectivity index (χ0) is 14.0. The van der Waals surface area contributed by atoms with E-state index in [2.05, 4.69) is 0 Å². The molecule has 19 heavy (non-hydrogen) atoms. The van der Waals surface area contributed by atoms with E-state index < -0.39 is 29.8 Å². The molecular weight excluding hydrogens is 246 g/mol. The normalized spacial score (nSPS) is 26.7. The fraction of sp³-hybridized carbons (Fsp3) is 0.429. The molecule has 0 bridgehead atoms. The maximum absolute atomic E-state index is 11.1. The van der Waals surface area contributed by atoms with Gasteiger partial charge in [0.1, 0.15) is 6.04 Å². The Bertz CT molecular complexity index is 474. The lowest BCUT2D eigenvalue weighted by Crippen LogP contribution is -2.34. The first kappa shape index (κ1) is 13.5. The van der Waals surface area contributed by atoms with Gasteiger partial charge in [0.2, 0.25) is 0 Å². The molecule has 1 aliphatic carbocycles. The molecule has 1 fully saturated rings. The van der Waals surface area contributed by atoms with E-state index in [1.54, 1.807) is 0 Å². The van der Waals surface area contributed by atoms with Gasteiger partial charge in [-0.1, -0.05) is 30.3 Å². The Hall–Kier alpha value is -1.88. The summed E-state index contributed by atoms with van der Waals surface area (Å²) >= 11 is 0. The molecule has 5 nitrogen and oxygen atoms in total. The van der Waals surface area contributed by atoms with Gasteiger partial charge >= 0.3 is 11.9 Å². The number of aryl methyl sites for hydroxylation is 1. The Kier molecular flexibility index (Phi) is 3.85. The molecule has 2 rings (SSSR count). The summed E-state index contributed by atoms with van der Waals surface area (Å²) in [6.45, 7) is 0. The highest BCUT2D eigenvalue weighted by Gasteiger charge is 2.58. The Morgan fingerprint density at radius 1 is 1.21 bits per heavy atom. The van der Waals surface area contributed by atoms with Crippen molar-refractivity contribution in [3.8, 4) is 0 Å². The topological polar surface area (TPSA) is 101 Å². The van der Waals surface area contributed by atoms with Crippen molar-refractivity contribution in [3.05, 3.63) is 35.9 Å². The lowest BCUT2D eigenvalue weighted by molar-refractivity contribution is -0.140. The Morgan fingerprint density at radius 3 is 2.37 bits per heavy atom. The first-order chi connectivity index (χ1) is 9.02. The average molecular weight is 263 g/mol. The van der Waals surface area contributed by atoms with Crippen molar-refractivity contribution in [1.82, 2.24) is 0 Å². The van der Waals surface area contributed by atoms with Gasteiger partial charge in [-0.25, -0.2) is 0 Å². The molecule has 0 amide bonds. The summed E-state index contributed by atoms with van der Waals surface area (Å²) in [6.07, 6.45) is 1.41. The minimum absolute atomic E-state index is 0.135. The van der Waals surface area contributed by atoms with E-state index in [0.29, 0.717) is 6.42 Å². The van der Waals surface area contributed by atoms with Crippen LogP contribution in [0.1, 0.15) is 12.0 Å². The molecular formula is C14H17NO4. The summed E-state index contributed by atoms with van der Waals surface area (Å²) in [5.41, 5.74) is 6.67. The van der Waals surface area contributed by atoms with Gasteiger partial charge in [-0.05, 0) is 24.3 Å². The second kappa shape index (κ2) is 5.40. The van der Waals surface area contributed by atoms with Crippen LogP contribution in [0, 0.1) is 17.8 Å². The summed E-state index contributed by atoms with van der Waals surface area (Å²) in [5.74, 6) is -3.27. The Balaban J connectivity index is 1.96. The SMILES string of the molecule is N[C@H](C(=O)O)[C@H]1[C@@H](CCc2ccccc2)[C@@H]1C(=O)O. The van der Waals surface area contributed by atoms with Crippen LogP contribution < -0.4 is 5.73 Å². The summed E-state index contributed by atoms with van der Waals surface area (Å²) in [7, 11) is 0. The van der Waals surface area contributed by atoms with E-state index in [0.717, 1.165) is 12.0 Å². The number of carboxylic acids is 2. The smallest absolute Gasteiger partial charge is 0.320 e. The molecule has 0 aliphatic heterocycles. The number of aliphatic carboxylic acids is 2. The highest BCUT2D eigenvalue weighted by molar-refractivity contribution is 5.80. The summed E-state index contributed by atoms with van der Waals surface area (Å²) in [5, 5.41) is 18.0. The van der Waals surface area contributed by atoms with E-state index >= 15 is 0 Å². The maximum Gasteiger partial charge on any atom is 0.320 e. The second-order valence-electron chi connectivity index (χ2n) is 4.99. The summed E-state index contributed by atoms with van der Waals surface area (Å²) < 4.78 is 0. The van der Waals surface area contributed by atoms with Gasteiger partial charge in [-0.15, -0.1) is 0 Å². The van der Waals surface area contributed by atoms with Gasteiger partial charge in [0.15, 0.2) is 0 Å². The highest BCUT2D eigenvalue weighted by atomic mass is 16.4. The van der Waals surface area contributed by atoms with Crippen LogP contribution in [0.15, 0.2) is 30.3 Å². The van der Waals surface area contributed by atoms with Gasteiger partial charge in [0.25, 0.3) is 0 Å². The molecule has 4 N–H and O–H groups in total. The lowest BCUT2D eigenvalue weighted by atomic mass is 10.0. The maximum atomic E-state index is 11.1. The van der Waals surface area contributed by atoms with Crippen molar-refractivity contribution in [2.75, 3.05) is 0 Å². The van der Waals surface area contributed by atoms with E-state index in [-0.39, 0.29) is 5.92 Å².